The summed E-state index contributed by atoms with van der Waals surface area (Å²) in [6.07, 6.45) is 3.23. The van der Waals surface area contributed by atoms with Gasteiger partial charge in [-0.3, -0.25) is 9.71 Å². The Balaban J connectivity index is 1.87. The van der Waals surface area contributed by atoms with Crippen molar-refractivity contribution in [2.45, 2.75) is 29.5 Å². The van der Waals surface area contributed by atoms with Gasteiger partial charge in [0.25, 0.3) is 10.0 Å². The highest BCUT2D eigenvalue weighted by Crippen LogP contribution is 2.30. The summed E-state index contributed by atoms with van der Waals surface area (Å²) in [5.74, 6) is 0.804. The quantitative estimate of drug-likeness (QED) is 0.850. The van der Waals surface area contributed by atoms with Crippen LogP contribution in [0.2, 0.25) is 0 Å². The fourth-order valence-electron chi connectivity index (χ4n) is 2.66. The summed E-state index contributed by atoms with van der Waals surface area (Å²) in [6.45, 7) is 0.584. The van der Waals surface area contributed by atoms with Gasteiger partial charge in [-0.25, -0.2) is 8.42 Å². The predicted octanol–water partition coefficient (Wildman–Crippen LogP) is 2.13. The van der Waals surface area contributed by atoms with Crippen molar-refractivity contribution in [3.63, 3.8) is 0 Å². The Labute approximate surface area is 117 Å². The Hall–Kier alpha value is -1.07. The molecule has 0 spiro atoms. The zero-order chi connectivity index (χ0) is 13.5. The molecule has 2 unspecified atom stereocenters. The molecule has 4 nitrogen and oxygen atoms in total. The summed E-state index contributed by atoms with van der Waals surface area (Å²) < 4.78 is 26.3. The molecule has 102 valence electrons. The van der Waals surface area contributed by atoms with Gasteiger partial charge in [-0.05, 0) is 30.9 Å². The van der Waals surface area contributed by atoms with E-state index in [4.69, 9.17) is 11.6 Å². The number of aliphatic imine (C=N–C) groups is 1. The van der Waals surface area contributed by atoms with E-state index in [2.05, 4.69) is 9.71 Å². The number of fused-ring (bicyclic) bond motifs is 1. The number of hydrogen-bond acceptors (Lipinski definition) is 3. The molecule has 0 amide bonds. The number of benzene rings is 1. The fourth-order valence-corrected chi connectivity index (χ4v) is 4.27. The molecule has 0 bridgehead atoms. The van der Waals surface area contributed by atoms with E-state index in [0.29, 0.717) is 28.8 Å². The highest BCUT2D eigenvalue weighted by atomic mass is 35.5. The van der Waals surface area contributed by atoms with Gasteiger partial charge >= 0.3 is 0 Å². The molecule has 6 heteroatoms. The van der Waals surface area contributed by atoms with E-state index < -0.39 is 10.0 Å². The average molecular weight is 299 g/mol. The SMILES string of the molecule is O=S1(=O)NC(=NCC2CCCC2Cl)c2ccccc21. The van der Waals surface area contributed by atoms with Crippen LogP contribution in [0.4, 0.5) is 0 Å². The monoisotopic (exact) mass is 298 g/mol. The molecule has 1 N–H and O–H groups in total. The minimum atomic E-state index is -3.43. The van der Waals surface area contributed by atoms with E-state index >= 15 is 0 Å². The van der Waals surface area contributed by atoms with Crippen molar-refractivity contribution < 1.29 is 8.42 Å². The zero-order valence-electron chi connectivity index (χ0n) is 10.3. The molecule has 1 heterocycles. The zero-order valence-corrected chi connectivity index (χ0v) is 11.9. The number of rotatable bonds is 2. The number of amidine groups is 1. The molecule has 1 aromatic carbocycles. The van der Waals surface area contributed by atoms with E-state index in [1.165, 1.54) is 0 Å². The molecule has 1 aromatic rings. The summed E-state index contributed by atoms with van der Waals surface area (Å²) in [5, 5.41) is 0.164. The molecular formula is C13H15ClN2O2S. The van der Waals surface area contributed by atoms with E-state index in [1.54, 1.807) is 18.2 Å². The van der Waals surface area contributed by atoms with Gasteiger partial charge in [0.15, 0.2) is 0 Å². The van der Waals surface area contributed by atoms with Crippen molar-refractivity contribution >= 4 is 27.5 Å². The molecule has 2 atom stereocenters. The second-order valence-corrected chi connectivity index (χ2v) is 7.21. The van der Waals surface area contributed by atoms with Gasteiger partial charge in [0.1, 0.15) is 5.84 Å². The lowest BCUT2D eigenvalue weighted by Gasteiger charge is -2.10. The Morgan fingerprint density at radius 1 is 1.32 bits per heavy atom. The van der Waals surface area contributed by atoms with Crippen molar-refractivity contribution in [1.82, 2.24) is 4.72 Å². The Morgan fingerprint density at radius 2 is 2.11 bits per heavy atom. The van der Waals surface area contributed by atoms with Crippen LogP contribution in [0.3, 0.4) is 0 Å². The number of halogens is 1. The van der Waals surface area contributed by atoms with Crippen molar-refractivity contribution in [3.8, 4) is 0 Å². The third-order valence-corrected chi connectivity index (χ3v) is 5.68. The first kappa shape index (κ1) is 12.9. The second-order valence-electron chi connectivity index (χ2n) is 5.00. The van der Waals surface area contributed by atoms with Gasteiger partial charge in [-0.2, -0.15) is 0 Å². The number of alkyl halides is 1. The molecule has 1 fully saturated rings. The van der Waals surface area contributed by atoms with Crippen molar-refractivity contribution in [2.75, 3.05) is 6.54 Å². The first-order valence-electron chi connectivity index (χ1n) is 6.39. The van der Waals surface area contributed by atoms with E-state index in [1.807, 2.05) is 6.07 Å². The molecule has 0 radical (unpaired) electrons. The molecule has 19 heavy (non-hydrogen) atoms. The molecule has 0 aromatic heterocycles. The van der Waals surface area contributed by atoms with Gasteiger partial charge in [0, 0.05) is 17.5 Å². The van der Waals surface area contributed by atoms with Crippen molar-refractivity contribution in [2.24, 2.45) is 10.9 Å². The van der Waals surface area contributed by atoms with E-state index in [0.717, 1.165) is 19.3 Å². The average Bonchev–Trinajstić information content (AvgIpc) is 2.90. The van der Waals surface area contributed by atoms with E-state index in [-0.39, 0.29) is 5.38 Å². The van der Waals surface area contributed by atoms with Crippen molar-refractivity contribution in [1.29, 1.82) is 0 Å². The molecule has 1 aliphatic heterocycles. The Morgan fingerprint density at radius 3 is 2.84 bits per heavy atom. The lowest BCUT2D eigenvalue weighted by Crippen LogP contribution is -2.23. The number of hydrogen-bond donors (Lipinski definition) is 1. The third kappa shape index (κ3) is 2.37. The minimum Gasteiger partial charge on any atom is -0.267 e. The minimum absolute atomic E-state index is 0.164. The van der Waals surface area contributed by atoms with Crippen LogP contribution in [0.15, 0.2) is 34.2 Å². The van der Waals surface area contributed by atoms with Gasteiger partial charge in [-0.15, -0.1) is 11.6 Å². The molecule has 1 saturated carbocycles. The van der Waals surface area contributed by atoms with Crippen LogP contribution in [0.1, 0.15) is 24.8 Å². The highest BCUT2D eigenvalue weighted by molar-refractivity contribution is 7.90. The summed E-state index contributed by atoms with van der Waals surface area (Å²) in [6, 6.07) is 6.90. The fraction of sp³-hybridized carbons (Fsp3) is 0.462. The van der Waals surface area contributed by atoms with Crippen molar-refractivity contribution in [3.05, 3.63) is 29.8 Å². The largest absolute Gasteiger partial charge is 0.267 e. The highest BCUT2D eigenvalue weighted by Gasteiger charge is 2.31. The summed E-state index contributed by atoms with van der Waals surface area (Å²) >= 11 is 6.21. The van der Waals surface area contributed by atoms with Crippen LogP contribution in [0.25, 0.3) is 0 Å². The summed E-state index contributed by atoms with van der Waals surface area (Å²) in [7, 11) is -3.43. The first-order valence-corrected chi connectivity index (χ1v) is 8.30. The Bertz CT molecular complexity index is 627. The smallest absolute Gasteiger partial charge is 0.263 e. The van der Waals surface area contributed by atoms with Crippen LogP contribution in [0, 0.1) is 5.92 Å². The predicted molar refractivity (Wildman–Crippen MR) is 75.1 cm³/mol. The molecule has 0 saturated heterocycles. The Kier molecular flexibility index (Phi) is 3.27. The summed E-state index contributed by atoms with van der Waals surface area (Å²) in [4.78, 5) is 4.74. The maximum absolute atomic E-state index is 11.9. The first-order chi connectivity index (χ1) is 9.08. The van der Waals surface area contributed by atoms with Gasteiger partial charge in [0.2, 0.25) is 0 Å². The number of nitrogens with zero attached hydrogens (tertiary/aromatic N) is 1. The molecule has 2 aliphatic rings. The normalized spacial score (nSPS) is 30.3. The maximum atomic E-state index is 11.9. The standard InChI is InChI=1S/C13H15ClN2O2S/c14-11-6-3-4-9(11)8-15-13-10-5-1-2-7-12(10)19(17,18)16-13/h1-2,5,7,9,11H,3-4,6,8H2,(H,15,16). The lowest BCUT2D eigenvalue weighted by atomic mass is 10.1. The maximum Gasteiger partial charge on any atom is 0.263 e. The molecule has 3 rings (SSSR count). The lowest BCUT2D eigenvalue weighted by molar-refractivity contribution is 0.569. The number of nitrogens with one attached hydrogen (secondary N) is 1. The topological polar surface area (TPSA) is 58.5 Å². The van der Waals surface area contributed by atoms with Crippen LogP contribution < -0.4 is 4.72 Å². The van der Waals surface area contributed by atoms with Crippen LogP contribution in [-0.2, 0) is 10.0 Å². The molecule has 1 aliphatic carbocycles. The second kappa shape index (κ2) is 4.80. The van der Waals surface area contributed by atoms with Gasteiger partial charge in [-0.1, -0.05) is 18.6 Å². The molecular weight excluding hydrogens is 284 g/mol. The van der Waals surface area contributed by atoms with Crippen LogP contribution in [-0.4, -0.2) is 26.2 Å². The van der Waals surface area contributed by atoms with Gasteiger partial charge < -0.3 is 0 Å². The van der Waals surface area contributed by atoms with Gasteiger partial charge in [0.05, 0.1) is 4.90 Å². The van der Waals surface area contributed by atoms with Crippen LogP contribution in [0.5, 0.6) is 0 Å². The number of sulfonamides is 1. The van der Waals surface area contributed by atoms with E-state index in [9.17, 15) is 8.42 Å². The third-order valence-electron chi connectivity index (χ3n) is 3.71. The van der Waals surface area contributed by atoms with Crippen LogP contribution >= 0.6 is 11.6 Å². The summed E-state index contributed by atoms with van der Waals surface area (Å²) in [5.41, 5.74) is 0.659.